The van der Waals surface area contributed by atoms with Gasteiger partial charge in [0.2, 0.25) is 0 Å². The van der Waals surface area contributed by atoms with Crippen LogP contribution in [0.15, 0.2) is 0 Å². The first-order valence-electron chi connectivity index (χ1n) is 7.68. The standard InChI is InChI=1S/C16H31NO/c1-6-15(4,5)13-7-9-16(10-8-13)17-11-14(2,3)12-18-16/h13,17H,6-12H2,1-5H3. The van der Waals surface area contributed by atoms with E-state index < -0.39 is 0 Å². The van der Waals surface area contributed by atoms with Crippen molar-refractivity contribution in [2.45, 2.75) is 72.4 Å². The van der Waals surface area contributed by atoms with Gasteiger partial charge in [0, 0.05) is 12.0 Å². The van der Waals surface area contributed by atoms with Gasteiger partial charge in [-0.25, -0.2) is 0 Å². The summed E-state index contributed by atoms with van der Waals surface area (Å²) in [5, 5.41) is 3.69. The zero-order valence-electron chi connectivity index (χ0n) is 12.9. The summed E-state index contributed by atoms with van der Waals surface area (Å²) >= 11 is 0. The van der Waals surface area contributed by atoms with E-state index in [2.05, 4.69) is 39.9 Å². The number of ether oxygens (including phenoxy) is 1. The lowest BCUT2D eigenvalue weighted by Crippen LogP contribution is -2.59. The van der Waals surface area contributed by atoms with E-state index >= 15 is 0 Å². The third-order valence-electron chi connectivity index (χ3n) is 5.44. The first-order chi connectivity index (χ1) is 8.29. The minimum Gasteiger partial charge on any atom is -0.360 e. The largest absolute Gasteiger partial charge is 0.360 e. The number of nitrogens with one attached hydrogen (secondary N) is 1. The lowest BCUT2D eigenvalue weighted by molar-refractivity contribution is -0.163. The maximum absolute atomic E-state index is 6.21. The molecular weight excluding hydrogens is 222 g/mol. The Bertz CT molecular complexity index is 275. The average molecular weight is 253 g/mol. The van der Waals surface area contributed by atoms with Gasteiger partial charge in [0.25, 0.3) is 0 Å². The highest BCUT2D eigenvalue weighted by Crippen LogP contribution is 2.45. The molecule has 1 saturated carbocycles. The number of rotatable bonds is 2. The molecule has 0 radical (unpaired) electrons. The van der Waals surface area contributed by atoms with Crippen molar-refractivity contribution in [3.05, 3.63) is 0 Å². The topological polar surface area (TPSA) is 21.3 Å². The van der Waals surface area contributed by atoms with E-state index in [4.69, 9.17) is 4.74 Å². The molecular formula is C16H31NO. The van der Waals surface area contributed by atoms with Gasteiger partial charge < -0.3 is 4.74 Å². The van der Waals surface area contributed by atoms with E-state index in [1.165, 1.54) is 32.1 Å². The van der Waals surface area contributed by atoms with E-state index in [9.17, 15) is 0 Å². The monoisotopic (exact) mass is 253 g/mol. The van der Waals surface area contributed by atoms with Crippen LogP contribution in [-0.4, -0.2) is 18.9 Å². The summed E-state index contributed by atoms with van der Waals surface area (Å²) in [7, 11) is 0. The second kappa shape index (κ2) is 4.79. The van der Waals surface area contributed by atoms with Crippen molar-refractivity contribution in [2.24, 2.45) is 16.7 Å². The molecule has 0 aromatic rings. The molecule has 0 amide bonds. The molecule has 2 heteroatoms. The molecule has 1 aliphatic carbocycles. The molecule has 0 atom stereocenters. The maximum Gasteiger partial charge on any atom is 0.119 e. The van der Waals surface area contributed by atoms with Gasteiger partial charge in [-0.05, 0) is 37.0 Å². The summed E-state index contributed by atoms with van der Waals surface area (Å²) in [5.74, 6) is 0.869. The van der Waals surface area contributed by atoms with E-state index in [0.717, 1.165) is 19.1 Å². The van der Waals surface area contributed by atoms with Crippen LogP contribution >= 0.6 is 0 Å². The van der Waals surface area contributed by atoms with E-state index in [-0.39, 0.29) is 5.72 Å². The van der Waals surface area contributed by atoms with Crippen molar-refractivity contribution in [3.63, 3.8) is 0 Å². The summed E-state index contributed by atoms with van der Waals surface area (Å²) in [4.78, 5) is 0. The van der Waals surface area contributed by atoms with Crippen LogP contribution in [0.2, 0.25) is 0 Å². The predicted octanol–water partition coefficient (Wildman–Crippen LogP) is 3.96. The van der Waals surface area contributed by atoms with Crippen LogP contribution in [-0.2, 0) is 4.74 Å². The molecule has 2 aliphatic rings. The van der Waals surface area contributed by atoms with Crippen molar-refractivity contribution < 1.29 is 4.74 Å². The second-order valence-electron chi connectivity index (χ2n) is 7.92. The first kappa shape index (κ1) is 14.3. The Morgan fingerprint density at radius 3 is 2.28 bits per heavy atom. The normalized spacial score (nSPS) is 36.8. The van der Waals surface area contributed by atoms with Crippen LogP contribution in [0.1, 0.15) is 66.7 Å². The smallest absolute Gasteiger partial charge is 0.119 e. The lowest BCUT2D eigenvalue weighted by atomic mass is 9.67. The van der Waals surface area contributed by atoms with Gasteiger partial charge in [-0.3, -0.25) is 5.32 Å². The van der Waals surface area contributed by atoms with Crippen LogP contribution in [0, 0.1) is 16.7 Å². The van der Waals surface area contributed by atoms with Crippen LogP contribution in [0.25, 0.3) is 0 Å². The zero-order valence-corrected chi connectivity index (χ0v) is 12.9. The van der Waals surface area contributed by atoms with Gasteiger partial charge in [0.05, 0.1) is 6.61 Å². The Kier molecular flexibility index (Phi) is 3.81. The SMILES string of the molecule is CCC(C)(C)C1CCC2(CC1)NCC(C)(C)CO2. The lowest BCUT2D eigenvalue weighted by Gasteiger charge is -2.50. The molecule has 1 aliphatic heterocycles. The van der Waals surface area contributed by atoms with Crippen molar-refractivity contribution in [1.82, 2.24) is 5.32 Å². The van der Waals surface area contributed by atoms with Gasteiger partial charge in [0.1, 0.15) is 5.72 Å². The minimum atomic E-state index is 0.00976. The highest BCUT2D eigenvalue weighted by Gasteiger charge is 2.43. The van der Waals surface area contributed by atoms with Crippen molar-refractivity contribution in [3.8, 4) is 0 Å². The van der Waals surface area contributed by atoms with E-state index in [1.54, 1.807) is 0 Å². The maximum atomic E-state index is 6.21. The Balaban J connectivity index is 1.91. The van der Waals surface area contributed by atoms with Crippen molar-refractivity contribution in [1.29, 1.82) is 0 Å². The second-order valence-corrected chi connectivity index (χ2v) is 7.92. The van der Waals surface area contributed by atoms with Gasteiger partial charge in [-0.15, -0.1) is 0 Å². The molecule has 0 aromatic carbocycles. The molecule has 1 N–H and O–H groups in total. The molecule has 1 heterocycles. The van der Waals surface area contributed by atoms with Gasteiger partial charge in [-0.2, -0.15) is 0 Å². The van der Waals surface area contributed by atoms with Crippen molar-refractivity contribution >= 4 is 0 Å². The fourth-order valence-corrected chi connectivity index (χ4v) is 3.31. The van der Waals surface area contributed by atoms with Crippen LogP contribution in [0.5, 0.6) is 0 Å². The Hall–Kier alpha value is -0.0800. The summed E-state index contributed by atoms with van der Waals surface area (Å²) in [6.07, 6.45) is 6.29. The minimum absolute atomic E-state index is 0.00976. The molecule has 106 valence electrons. The quantitative estimate of drug-likeness (QED) is 0.804. The number of hydrogen-bond acceptors (Lipinski definition) is 2. The summed E-state index contributed by atoms with van der Waals surface area (Å²) < 4.78 is 6.21. The fraction of sp³-hybridized carbons (Fsp3) is 1.00. The highest BCUT2D eigenvalue weighted by atomic mass is 16.5. The first-order valence-corrected chi connectivity index (χ1v) is 7.68. The molecule has 0 unspecified atom stereocenters. The van der Waals surface area contributed by atoms with E-state index in [1.807, 2.05) is 0 Å². The van der Waals surface area contributed by atoms with Crippen LogP contribution in [0.4, 0.5) is 0 Å². The van der Waals surface area contributed by atoms with Gasteiger partial charge in [0.15, 0.2) is 0 Å². The van der Waals surface area contributed by atoms with Crippen molar-refractivity contribution in [2.75, 3.05) is 13.2 Å². The highest BCUT2D eigenvalue weighted by molar-refractivity contribution is 4.93. The summed E-state index contributed by atoms with van der Waals surface area (Å²) in [6, 6.07) is 0. The Morgan fingerprint density at radius 1 is 1.22 bits per heavy atom. The molecule has 0 bridgehead atoms. The molecule has 1 saturated heterocycles. The fourth-order valence-electron chi connectivity index (χ4n) is 3.31. The molecule has 18 heavy (non-hydrogen) atoms. The van der Waals surface area contributed by atoms with Gasteiger partial charge in [-0.1, -0.05) is 41.0 Å². The third-order valence-corrected chi connectivity index (χ3v) is 5.44. The predicted molar refractivity (Wildman–Crippen MR) is 76.5 cm³/mol. The van der Waals surface area contributed by atoms with Gasteiger partial charge >= 0.3 is 0 Å². The van der Waals surface area contributed by atoms with Crippen LogP contribution < -0.4 is 5.32 Å². The third kappa shape index (κ3) is 2.91. The summed E-state index contributed by atoms with van der Waals surface area (Å²) in [5.41, 5.74) is 0.802. The average Bonchev–Trinajstić information content (AvgIpc) is 2.34. The molecule has 2 rings (SSSR count). The summed E-state index contributed by atoms with van der Waals surface area (Å²) in [6.45, 7) is 13.7. The molecule has 2 fully saturated rings. The van der Waals surface area contributed by atoms with E-state index in [0.29, 0.717) is 10.8 Å². The number of hydrogen-bond donors (Lipinski definition) is 1. The zero-order chi connectivity index (χ0) is 13.4. The molecule has 1 spiro atoms. The van der Waals surface area contributed by atoms with Crippen LogP contribution in [0.3, 0.4) is 0 Å². The molecule has 0 aromatic heterocycles. The Labute approximate surface area is 113 Å². The Morgan fingerprint density at radius 2 is 1.83 bits per heavy atom. The molecule has 2 nitrogen and oxygen atoms in total.